The van der Waals surface area contributed by atoms with Crippen molar-refractivity contribution in [1.82, 2.24) is 5.32 Å². The van der Waals surface area contributed by atoms with Crippen LogP contribution >= 0.6 is 0 Å². The standard InChI is InChI=1S/C15H22FN3O2/c1-3-7-18(10-12-5-4-6-17-12)14-8-11(2)13(16)9-15(14)19(20)21/h8-9,12,17H,3-7,10H2,1-2H3. The maximum absolute atomic E-state index is 13.6. The lowest BCUT2D eigenvalue weighted by Gasteiger charge is -2.27. The van der Waals surface area contributed by atoms with E-state index in [1.54, 1.807) is 13.0 Å². The van der Waals surface area contributed by atoms with Gasteiger partial charge in [-0.25, -0.2) is 4.39 Å². The summed E-state index contributed by atoms with van der Waals surface area (Å²) >= 11 is 0. The first kappa shape index (κ1) is 15.7. The number of hydrogen-bond donors (Lipinski definition) is 1. The molecule has 0 amide bonds. The second-order valence-corrected chi connectivity index (χ2v) is 5.59. The van der Waals surface area contributed by atoms with Gasteiger partial charge in [-0.3, -0.25) is 10.1 Å². The zero-order chi connectivity index (χ0) is 15.4. The number of benzene rings is 1. The van der Waals surface area contributed by atoms with Crippen molar-refractivity contribution in [2.75, 3.05) is 24.5 Å². The Balaban J connectivity index is 2.33. The number of nitro groups is 1. The van der Waals surface area contributed by atoms with E-state index >= 15 is 0 Å². The van der Waals surface area contributed by atoms with Gasteiger partial charge < -0.3 is 10.2 Å². The van der Waals surface area contributed by atoms with Gasteiger partial charge in [-0.1, -0.05) is 6.92 Å². The van der Waals surface area contributed by atoms with Crippen molar-refractivity contribution in [1.29, 1.82) is 0 Å². The van der Waals surface area contributed by atoms with Crippen LogP contribution in [0.3, 0.4) is 0 Å². The molecule has 1 N–H and O–H groups in total. The van der Waals surface area contributed by atoms with E-state index in [0.717, 1.165) is 45.0 Å². The molecule has 1 heterocycles. The maximum Gasteiger partial charge on any atom is 0.295 e. The molecule has 1 aliphatic heterocycles. The topological polar surface area (TPSA) is 58.4 Å². The van der Waals surface area contributed by atoms with Crippen molar-refractivity contribution < 1.29 is 9.31 Å². The second kappa shape index (κ2) is 6.85. The first-order valence-corrected chi connectivity index (χ1v) is 7.45. The molecule has 1 fully saturated rings. The molecular formula is C15H22FN3O2. The fourth-order valence-corrected chi connectivity index (χ4v) is 2.81. The third-order valence-electron chi connectivity index (χ3n) is 3.89. The van der Waals surface area contributed by atoms with Crippen molar-refractivity contribution in [2.45, 2.75) is 39.2 Å². The summed E-state index contributed by atoms with van der Waals surface area (Å²) < 4.78 is 13.6. The molecule has 0 bridgehead atoms. The summed E-state index contributed by atoms with van der Waals surface area (Å²) in [4.78, 5) is 12.7. The van der Waals surface area contributed by atoms with Crippen LogP contribution in [-0.2, 0) is 0 Å². The Morgan fingerprint density at radius 2 is 2.29 bits per heavy atom. The van der Waals surface area contributed by atoms with E-state index < -0.39 is 10.7 Å². The van der Waals surface area contributed by atoms with Gasteiger partial charge in [0.05, 0.1) is 11.0 Å². The van der Waals surface area contributed by atoms with E-state index in [2.05, 4.69) is 5.32 Å². The molecule has 21 heavy (non-hydrogen) atoms. The van der Waals surface area contributed by atoms with E-state index in [1.165, 1.54) is 0 Å². The van der Waals surface area contributed by atoms with Gasteiger partial charge in [0.15, 0.2) is 0 Å². The molecule has 2 rings (SSSR count). The van der Waals surface area contributed by atoms with E-state index in [0.29, 0.717) is 17.3 Å². The van der Waals surface area contributed by atoms with Crippen molar-refractivity contribution >= 4 is 11.4 Å². The van der Waals surface area contributed by atoms with E-state index in [1.807, 2.05) is 11.8 Å². The molecule has 6 heteroatoms. The number of nitro benzene ring substituents is 1. The summed E-state index contributed by atoms with van der Waals surface area (Å²) in [5, 5.41) is 14.6. The molecule has 0 aliphatic carbocycles. The van der Waals surface area contributed by atoms with E-state index in [-0.39, 0.29) is 5.69 Å². The largest absolute Gasteiger partial charge is 0.364 e. The van der Waals surface area contributed by atoms with Crippen LogP contribution in [0.25, 0.3) is 0 Å². The minimum Gasteiger partial charge on any atom is -0.364 e. The summed E-state index contributed by atoms with van der Waals surface area (Å²) in [5.74, 6) is -0.527. The zero-order valence-electron chi connectivity index (χ0n) is 12.6. The van der Waals surface area contributed by atoms with E-state index in [4.69, 9.17) is 0 Å². The SMILES string of the molecule is CCCN(CC1CCCN1)c1cc(C)c(F)cc1[N+](=O)[O-]. The Morgan fingerprint density at radius 1 is 1.52 bits per heavy atom. The predicted octanol–water partition coefficient (Wildman–Crippen LogP) is 3.01. The average Bonchev–Trinajstić information content (AvgIpc) is 2.93. The molecule has 1 unspecified atom stereocenters. The number of halogens is 1. The lowest BCUT2D eigenvalue weighted by atomic mass is 10.1. The Bertz CT molecular complexity index is 516. The van der Waals surface area contributed by atoms with Crippen LogP contribution in [0.5, 0.6) is 0 Å². The second-order valence-electron chi connectivity index (χ2n) is 5.59. The van der Waals surface area contributed by atoms with Gasteiger partial charge in [-0.2, -0.15) is 0 Å². The molecular weight excluding hydrogens is 273 g/mol. The Kier molecular flexibility index (Phi) is 5.12. The van der Waals surface area contributed by atoms with Crippen LogP contribution in [0, 0.1) is 22.9 Å². The number of aryl methyl sites for hydroxylation is 1. The third kappa shape index (κ3) is 3.69. The van der Waals surface area contributed by atoms with Crippen LogP contribution in [-0.4, -0.2) is 30.6 Å². The summed E-state index contributed by atoms with van der Waals surface area (Å²) in [6, 6.07) is 2.98. The van der Waals surface area contributed by atoms with Gasteiger partial charge in [-0.05, 0) is 44.4 Å². The van der Waals surface area contributed by atoms with Gasteiger partial charge in [0.2, 0.25) is 0 Å². The van der Waals surface area contributed by atoms with Crippen molar-refractivity contribution in [2.24, 2.45) is 0 Å². The number of nitrogens with one attached hydrogen (secondary N) is 1. The van der Waals surface area contributed by atoms with Crippen LogP contribution in [0.15, 0.2) is 12.1 Å². The summed E-state index contributed by atoms with van der Waals surface area (Å²) in [5.41, 5.74) is 0.815. The van der Waals surface area contributed by atoms with Gasteiger partial charge in [0.1, 0.15) is 11.5 Å². The van der Waals surface area contributed by atoms with Crippen molar-refractivity contribution in [3.05, 3.63) is 33.6 Å². The monoisotopic (exact) mass is 295 g/mol. The fourth-order valence-electron chi connectivity index (χ4n) is 2.81. The van der Waals surface area contributed by atoms with Crippen LogP contribution < -0.4 is 10.2 Å². The molecule has 1 saturated heterocycles. The Hall–Kier alpha value is -1.69. The van der Waals surface area contributed by atoms with E-state index in [9.17, 15) is 14.5 Å². The summed E-state index contributed by atoms with van der Waals surface area (Å²) in [6.07, 6.45) is 3.10. The minimum atomic E-state index is -0.527. The highest BCUT2D eigenvalue weighted by Crippen LogP contribution is 2.31. The molecule has 5 nitrogen and oxygen atoms in total. The highest BCUT2D eigenvalue weighted by Gasteiger charge is 2.24. The Labute approximate surface area is 124 Å². The molecule has 1 aromatic rings. The highest BCUT2D eigenvalue weighted by atomic mass is 19.1. The molecule has 0 saturated carbocycles. The fraction of sp³-hybridized carbons (Fsp3) is 0.600. The van der Waals surface area contributed by atoms with Crippen LogP contribution in [0.2, 0.25) is 0 Å². The molecule has 0 aromatic heterocycles. The van der Waals surface area contributed by atoms with Gasteiger partial charge in [-0.15, -0.1) is 0 Å². The third-order valence-corrected chi connectivity index (χ3v) is 3.89. The highest BCUT2D eigenvalue weighted by molar-refractivity contribution is 5.65. The molecule has 1 atom stereocenters. The number of hydrogen-bond acceptors (Lipinski definition) is 4. The van der Waals surface area contributed by atoms with Crippen molar-refractivity contribution in [3.8, 4) is 0 Å². The molecule has 0 spiro atoms. The van der Waals surface area contributed by atoms with Crippen LogP contribution in [0.1, 0.15) is 31.7 Å². The van der Waals surface area contributed by atoms with Crippen LogP contribution in [0.4, 0.5) is 15.8 Å². The number of nitrogens with zero attached hydrogens (tertiary/aromatic N) is 2. The maximum atomic E-state index is 13.6. The predicted molar refractivity (Wildman–Crippen MR) is 81.3 cm³/mol. The molecule has 116 valence electrons. The minimum absolute atomic E-state index is 0.149. The van der Waals surface area contributed by atoms with Gasteiger partial charge >= 0.3 is 0 Å². The molecule has 1 aromatic carbocycles. The normalized spacial score (nSPS) is 18.0. The zero-order valence-corrected chi connectivity index (χ0v) is 12.6. The average molecular weight is 295 g/mol. The summed E-state index contributed by atoms with van der Waals surface area (Å²) in [6.45, 7) is 6.12. The van der Waals surface area contributed by atoms with Crippen molar-refractivity contribution in [3.63, 3.8) is 0 Å². The quantitative estimate of drug-likeness (QED) is 0.647. The first-order valence-electron chi connectivity index (χ1n) is 7.45. The smallest absolute Gasteiger partial charge is 0.295 e. The lowest BCUT2D eigenvalue weighted by Crippen LogP contribution is -2.38. The molecule has 1 aliphatic rings. The number of rotatable bonds is 6. The number of anilines is 1. The van der Waals surface area contributed by atoms with Gasteiger partial charge in [0.25, 0.3) is 5.69 Å². The first-order chi connectivity index (χ1) is 10.0. The summed E-state index contributed by atoms with van der Waals surface area (Å²) in [7, 11) is 0. The molecule has 0 radical (unpaired) electrons. The van der Waals surface area contributed by atoms with Gasteiger partial charge in [0, 0.05) is 19.1 Å². The Morgan fingerprint density at radius 3 is 2.86 bits per heavy atom. The lowest BCUT2D eigenvalue weighted by molar-refractivity contribution is -0.384.